The van der Waals surface area contributed by atoms with E-state index in [9.17, 15) is 0 Å². The molecule has 0 spiro atoms. The summed E-state index contributed by atoms with van der Waals surface area (Å²) in [7, 11) is 0. The molecule has 18 heavy (non-hydrogen) atoms. The molecule has 1 nitrogen and oxygen atoms in total. The summed E-state index contributed by atoms with van der Waals surface area (Å²) in [6.07, 6.45) is 1.90. The summed E-state index contributed by atoms with van der Waals surface area (Å²) in [4.78, 5) is 0. The topological polar surface area (TPSA) is 0 Å². The Morgan fingerprint density at radius 1 is 1.06 bits per heavy atom. The van der Waals surface area contributed by atoms with Crippen LogP contribution in [0.5, 0.6) is 0 Å². The highest BCUT2D eigenvalue weighted by Crippen LogP contribution is 2.24. The van der Waals surface area contributed by atoms with Gasteiger partial charge in [0.15, 0.2) is 0 Å². The molecule has 100 valence electrons. The maximum absolute atomic E-state index is 3.80. The quantitative estimate of drug-likeness (QED) is 0.649. The van der Waals surface area contributed by atoms with Crippen LogP contribution in [0.25, 0.3) is 6.08 Å². The molecule has 0 bridgehead atoms. The smallest absolute Gasteiger partial charge is 0.105 e. The molecule has 0 saturated heterocycles. The van der Waals surface area contributed by atoms with Crippen LogP contribution < -0.4 is 0 Å². The molecule has 0 atom stereocenters. The van der Waals surface area contributed by atoms with E-state index in [2.05, 4.69) is 65.5 Å². The van der Waals surface area contributed by atoms with Crippen molar-refractivity contribution < 1.29 is 4.48 Å². The molecule has 0 heterocycles. The normalized spacial score (nSPS) is 12.2. The maximum Gasteiger partial charge on any atom is 0.105 e. The fraction of sp³-hybridized carbons (Fsp3) is 0.529. The van der Waals surface area contributed by atoms with Gasteiger partial charge in [0.1, 0.15) is 6.54 Å². The first kappa shape index (κ1) is 15.0. The minimum Gasteiger partial charge on any atom is -0.316 e. The monoisotopic (exact) mass is 246 g/mol. The average Bonchev–Trinajstić information content (AvgIpc) is 2.36. The molecule has 1 rings (SSSR count). The predicted molar refractivity (Wildman–Crippen MR) is 81.3 cm³/mol. The molecule has 1 aromatic carbocycles. The van der Waals surface area contributed by atoms with Crippen LogP contribution in [0.15, 0.2) is 30.8 Å². The molecule has 0 aromatic heterocycles. The zero-order valence-electron chi connectivity index (χ0n) is 12.6. The number of benzene rings is 1. The number of rotatable bonds is 6. The Balaban J connectivity index is 2.98. The van der Waals surface area contributed by atoms with Crippen LogP contribution in [-0.2, 0) is 6.54 Å². The third-order valence-corrected chi connectivity index (χ3v) is 4.34. The first-order valence-electron chi connectivity index (χ1n) is 7.04. The molecule has 0 aliphatic heterocycles. The predicted octanol–water partition coefficient (Wildman–Crippen LogP) is 4.48. The van der Waals surface area contributed by atoms with Crippen LogP contribution >= 0.6 is 0 Å². The molecule has 0 aliphatic carbocycles. The van der Waals surface area contributed by atoms with Crippen LogP contribution in [0.4, 0.5) is 0 Å². The van der Waals surface area contributed by atoms with E-state index in [0.29, 0.717) is 12.1 Å². The number of hydrogen-bond acceptors (Lipinski definition) is 0. The van der Waals surface area contributed by atoms with E-state index in [-0.39, 0.29) is 0 Å². The molecular formula is C17H28N+. The second kappa shape index (κ2) is 6.19. The summed E-state index contributed by atoms with van der Waals surface area (Å²) in [5, 5.41) is 0. The number of nitrogens with zero attached hydrogens (tertiary/aromatic N) is 1. The van der Waals surface area contributed by atoms with E-state index in [4.69, 9.17) is 0 Å². The zero-order chi connectivity index (χ0) is 13.8. The fourth-order valence-electron chi connectivity index (χ4n) is 2.90. The van der Waals surface area contributed by atoms with E-state index >= 15 is 0 Å². The lowest BCUT2D eigenvalue weighted by atomic mass is 10.1. The highest BCUT2D eigenvalue weighted by molar-refractivity contribution is 5.47. The third kappa shape index (κ3) is 3.02. The first-order chi connectivity index (χ1) is 8.46. The summed E-state index contributed by atoms with van der Waals surface area (Å²) in [5.41, 5.74) is 2.62. The molecule has 0 amide bonds. The summed E-state index contributed by atoms with van der Waals surface area (Å²) in [6.45, 7) is 17.7. The van der Waals surface area contributed by atoms with Gasteiger partial charge in [-0.1, -0.05) is 36.9 Å². The van der Waals surface area contributed by atoms with E-state index < -0.39 is 0 Å². The Labute approximate surface area is 113 Å². The van der Waals surface area contributed by atoms with Gasteiger partial charge in [0.05, 0.1) is 18.6 Å². The SMILES string of the molecule is C=Cc1ccc(C[N+](CC)(C(C)C)C(C)C)cc1. The highest BCUT2D eigenvalue weighted by Gasteiger charge is 2.32. The van der Waals surface area contributed by atoms with Crippen molar-refractivity contribution in [3.05, 3.63) is 42.0 Å². The van der Waals surface area contributed by atoms with Crippen molar-refractivity contribution in [2.75, 3.05) is 6.54 Å². The van der Waals surface area contributed by atoms with Crippen molar-refractivity contribution in [3.63, 3.8) is 0 Å². The largest absolute Gasteiger partial charge is 0.316 e. The van der Waals surface area contributed by atoms with Crippen molar-refractivity contribution in [2.24, 2.45) is 0 Å². The standard InChI is InChI=1S/C17H28N/c1-7-16-9-11-17(12-10-16)13-18(8-2,14(3)4)15(5)6/h7,9-12,14-15H,1,8,13H2,2-6H3/q+1. The van der Waals surface area contributed by atoms with Crippen molar-refractivity contribution in [1.29, 1.82) is 0 Å². The van der Waals surface area contributed by atoms with Crippen molar-refractivity contribution >= 4 is 6.08 Å². The van der Waals surface area contributed by atoms with Gasteiger partial charge in [0.2, 0.25) is 0 Å². The van der Waals surface area contributed by atoms with Crippen LogP contribution in [0.3, 0.4) is 0 Å². The van der Waals surface area contributed by atoms with Gasteiger partial charge in [-0.2, -0.15) is 0 Å². The summed E-state index contributed by atoms with van der Waals surface area (Å²) >= 11 is 0. The van der Waals surface area contributed by atoms with Crippen LogP contribution in [0.1, 0.15) is 45.7 Å². The molecular weight excluding hydrogens is 218 g/mol. The van der Waals surface area contributed by atoms with Gasteiger partial charge in [-0.15, -0.1) is 0 Å². The van der Waals surface area contributed by atoms with Crippen LogP contribution in [-0.4, -0.2) is 23.1 Å². The van der Waals surface area contributed by atoms with Crippen molar-refractivity contribution in [3.8, 4) is 0 Å². The Morgan fingerprint density at radius 2 is 1.56 bits per heavy atom. The molecule has 0 unspecified atom stereocenters. The van der Waals surface area contributed by atoms with E-state index in [1.54, 1.807) is 0 Å². The van der Waals surface area contributed by atoms with Crippen molar-refractivity contribution in [2.45, 2.75) is 53.2 Å². The molecule has 0 aliphatic rings. The molecule has 1 heteroatoms. The highest BCUT2D eigenvalue weighted by atomic mass is 15.4. The van der Waals surface area contributed by atoms with E-state index in [0.717, 1.165) is 11.0 Å². The maximum atomic E-state index is 3.80. The summed E-state index contributed by atoms with van der Waals surface area (Å²) < 4.78 is 1.15. The lowest BCUT2D eigenvalue weighted by Gasteiger charge is -2.45. The minimum absolute atomic E-state index is 0.647. The Morgan fingerprint density at radius 3 is 1.89 bits per heavy atom. The van der Waals surface area contributed by atoms with E-state index in [1.165, 1.54) is 17.7 Å². The van der Waals surface area contributed by atoms with Crippen LogP contribution in [0.2, 0.25) is 0 Å². The van der Waals surface area contributed by atoms with Gasteiger partial charge < -0.3 is 4.48 Å². The lowest BCUT2D eigenvalue weighted by molar-refractivity contribution is -0.977. The fourth-order valence-corrected chi connectivity index (χ4v) is 2.90. The first-order valence-corrected chi connectivity index (χ1v) is 7.04. The Hall–Kier alpha value is -1.08. The molecule has 0 saturated carbocycles. The zero-order valence-corrected chi connectivity index (χ0v) is 12.6. The second-order valence-corrected chi connectivity index (χ2v) is 5.71. The Kier molecular flexibility index (Phi) is 5.15. The lowest BCUT2D eigenvalue weighted by Crippen LogP contribution is -2.56. The van der Waals surface area contributed by atoms with Crippen LogP contribution in [0, 0.1) is 0 Å². The summed E-state index contributed by atoms with van der Waals surface area (Å²) in [5.74, 6) is 0. The molecule has 0 radical (unpaired) electrons. The minimum atomic E-state index is 0.647. The average molecular weight is 246 g/mol. The van der Waals surface area contributed by atoms with Gasteiger partial charge in [-0.25, -0.2) is 0 Å². The van der Waals surface area contributed by atoms with Crippen molar-refractivity contribution in [1.82, 2.24) is 0 Å². The van der Waals surface area contributed by atoms with Gasteiger partial charge >= 0.3 is 0 Å². The number of quaternary nitrogens is 1. The second-order valence-electron chi connectivity index (χ2n) is 5.71. The summed E-state index contributed by atoms with van der Waals surface area (Å²) in [6, 6.07) is 10.1. The Bertz CT molecular complexity index is 365. The third-order valence-electron chi connectivity index (χ3n) is 4.34. The van der Waals surface area contributed by atoms with Gasteiger partial charge in [-0.05, 0) is 40.2 Å². The molecule has 1 aromatic rings. The molecule has 0 N–H and O–H groups in total. The number of hydrogen-bond donors (Lipinski definition) is 0. The van der Waals surface area contributed by atoms with Gasteiger partial charge in [-0.3, -0.25) is 0 Å². The van der Waals surface area contributed by atoms with Gasteiger partial charge in [0, 0.05) is 5.56 Å². The van der Waals surface area contributed by atoms with E-state index in [1.807, 2.05) is 6.08 Å². The molecule has 0 fully saturated rings. The van der Waals surface area contributed by atoms with Gasteiger partial charge in [0.25, 0.3) is 0 Å².